The Bertz CT molecular complexity index is 579. The quantitative estimate of drug-likeness (QED) is 0.666. The van der Waals surface area contributed by atoms with E-state index in [9.17, 15) is 0 Å². The van der Waals surface area contributed by atoms with Gasteiger partial charge >= 0.3 is 0 Å². The molecule has 0 aromatic carbocycles. The zero-order valence-corrected chi connectivity index (χ0v) is 15.9. The van der Waals surface area contributed by atoms with E-state index in [0.29, 0.717) is 12.6 Å². The maximum Gasteiger partial charge on any atom is 0.194 e. The zero-order chi connectivity index (χ0) is 17.6. The Morgan fingerprint density at radius 1 is 1.24 bits per heavy atom. The lowest BCUT2D eigenvalue weighted by Crippen LogP contribution is -2.44. The van der Waals surface area contributed by atoms with Gasteiger partial charge in [0.1, 0.15) is 5.82 Å². The number of aromatic nitrogens is 1. The van der Waals surface area contributed by atoms with Gasteiger partial charge in [-0.25, -0.2) is 4.98 Å². The number of nitrogens with zero attached hydrogens (tertiary/aromatic N) is 5. The third kappa shape index (κ3) is 4.63. The number of pyridine rings is 1. The van der Waals surface area contributed by atoms with Crippen molar-refractivity contribution in [2.75, 3.05) is 52.2 Å². The van der Waals surface area contributed by atoms with Crippen LogP contribution in [0.2, 0.25) is 0 Å². The number of rotatable bonds is 4. The van der Waals surface area contributed by atoms with Gasteiger partial charge in [-0.2, -0.15) is 0 Å². The minimum Gasteiger partial charge on any atom is -0.363 e. The van der Waals surface area contributed by atoms with Crippen molar-refractivity contribution in [1.29, 1.82) is 0 Å². The number of nitrogens with one attached hydrogen (secondary N) is 1. The number of likely N-dealkylation sites (tertiary alicyclic amines) is 2. The van der Waals surface area contributed by atoms with E-state index in [-0.39, 0.29) is 0 Å². The van der Waals surface area contributed by atoms with Gasteiger partial charge in [0, 0.05) is 40.3 Å². The van der Waals surface area contributed by atoms with Gasteiger partial charge in [0.15, 0.2) is 5.96 Å². The molecular weight excluding hydrogens is 312 g/mol. The molecule has 1 N–H and O–H groups in total. The van der Waals surface area contributed by atoms with Gasteiger partial charge in [0.2, 0.25) is 0 Å². The Balaban J connectivity index is 1.54. The van der Waals surface area contributed by atoms with Crippen LogP contribution >= 0.6 is 0 Å². The van der Waals surface area contributed by atoms with E-state index in [1.54, 1.807) is 0 Å². The SMILES string of the molecule is CN=C(NCc1cccc(N(C)C)n1)N1CCC(N2CCCCC2)C1. The lowest BCUT2D eigenvalue weighted by molar-refractivity contribution is 0.168. The van der Waals surface area contributed by atoms with Crippen molar-refractivity contribution in [3.8, 4) is 0 Å². The third-order valence-electron chi connectivity index (χ3n) is 5.26. The highest BCUT2D eigenvalue weighted by Crippen LogP contribution is 2.20. The molecule has 25 heavy (non-hydrogen) atoms. The topological polar surface area (TPSA) is 47.0 Å². The van der Waals surface area contributed by atoms with Gasteiger partial charge in [-0.1, -0.05) is 12.5 Å². The van der Waals surface area contributed by atoms with E-state index in [1.807, 2.05) is 32.1 Å². The number of piperidine rings is 1. The Kier molecular flexibility index (Phi) is 6.13. The van der Waals surface area contributed by atoms with Crippen molar-refractivity contribution in [3.63, 3.8) is 0 Å². The van der Waals surface area contributed by atoms with Crippen LogP contribution < -0.4 is 10.2 Å². The molecule has 3 rings (SSSR count). The molecule has 1 aromatic heterocycles. The van der Waals surface area contributed by atoms with Gasteiger partial charge < -0.3 is 15.1 Å². The fourth-order valence-corrected chi connectivity index (χ4v) is 3.83. The van der Waals surface area contributed by atoms with Crippen molar-refractivity contribution in [1.82, 2.24) is 20.1 Å². The summed E-state index contributed by atoms with van der Waals surface area (Å²) in [6.45, 7) is 5.42. The van der Waals surface area contributed by atoms with Gasteiger partial charge in [0.05, 0.1) is 12.2 Å². The summed E-state index contributed by atoms with van der Waals surface area (Å²) in [5.41, 5.74) is 1.04. The summed E-state index contributed by atoms with van der Waals surface area (Å²) in [6.07, 6.45) is 5.36. The second-order valence-corrected chi connectivity index (χ2v) is 7.27. The number of hydrogen-bond donors (Lipinski definition) is 1. The highest BCUT2D eigenvalue weighted by Gasteiger charge is 2.29. The highest BCUT2D eigenvalue weighted by molar-refractivity contribution is 5.80. The van der Waals surface area contributed by atoms with Crippen LogP contribution in [0.5, 0.6) is 0 Å². The van der Waals surface area contributed by atoms with E-state index < -0.39 is 0 Å². The molecule has 138 valence electrons. The van der Waals surface area contributed by atoms with Crippen LogP contribution in [-0.2, 0) is 6.54 Å². The molecule has 0 aliphatic carbocycles. The van der Waals surface area contributed by atoms with Crippen LogP contribution in [0.15, 0.2) is 23.2 Å². The molecule has 6 heteroatoms. The molecule has 1 atom stereocenters. The molecule has 0 spiro atoms. The predicted molar refractivity (Wildman–Crippen MR) is 104 cm³/mol. The van der Waals surface area contributed by atoms with Crippen molar-refractivity contribution >= 4 is 11.8 Å². The first-order valence-electron chi connectivity index (χ1n) is 9.50. The molecule has 6 nitrogen and oxygen atoms in total. The summed E-state index contributed by atoms with van der Waals surface area (Å²) >= 11 is 0. The summed E-state index contributed by atoms with van der Waals surface area (Å²) in [6, 6.07) is 6.84. The summed E-state index contributed by atoms with van der Waals surface area (Å²) < 4.78 is 0. The molecule has 1 aromatic rings. The fourth-order valence-electron chi connectivity index (χ4n) is 3.83. The van der Waals surface area contributed by atoms with E-state index >= 15 is 0 Å². The van der Waals surface area contributed by atoms with E-state index in [4.69, 9.17) is 0 Å². The monoisotopic (exact) mass is 344 g/mol. The Morgan fingerprint density at radius 2 is 2.04 bits per heavy atom. The minimum atomic E-state index is 0.689. The van der Waals surface area contributed by atoms with Gasteiger partial charge in [-0.05, 0) is 44.5 Å². The number of anilines is 1. The summed E-state index contributed by atoms with van der Waals surface area (Å²) in [4.78, 5) is 16.3. The third-order valence-corrected chi connectivity index (χ3v) is 5.26. The number of aliphatic imine (C=N–C) groups is 1. The zero-order valence-electron chi connectivity index (χ0n) is 15.9. The van der Waals surface area contributed by atoms with Crippen LogP contribution in [0, 0.1) is 0 Å². The Labute approximate surface area is 151 Å². The molecular formula is C19H32N6. The smallest absolute Gasteiger partial charge is 0.194 e. The van der Waals surface area contributed by atoms with E-state index in [2.05, 4.69) is 37.2 Å². The van der Waals surface area contributed by atoms with Crippen molar-refractivity contribution in [2.45, 2.75) is 38.3 Å². The Morgan fingerprint density at radius 3 is 2.76 bits per heavy atom. The van der Waals surface area contributed by atoms with Crippen molar-refractivity contribution in [2.24, 2.45) is 4.99 Å². The van der Waals surface area contributed by atoms with Crippen molar-refractivity contribution in [3.05, 3.63) is 23.9 Å². The number of guanidine groups is 1. The standard InChI is InChI=1S/C19H32N6/c1-20-19(21-14-16-8-7-9-18(22-16)23(2)3)25-13-10-17(15-25)24-11-5-4-6-12-24/h7-9,17H,4-6,10-15H2,1-3H3,(H,20,21). The first-order chi connectivity index (χ1) is 12.2. The number of hydrogen-bond acceptors (Lipinski definition) is 4. The molecule has 2 aliphatic rings. The van der Waals surface area contributed by atoms with Crippen LogP contribution in [0.3, 0.4) is 0 Å². The average Bonchev–Trinajstić information content (AvgIpc) is 3.13. The second-order valence-electron chi connectivity index (χ2n) is 7.27. The first kappa shape index (κ1) is 18.0. The van der Waals surface area contributed by atoms with Crippen molar-refractivity contribution < 1.29 is 0 Å². The Hall–Kier alpha value is -1.82. The molecule has 0 amide bonds. The minimum absolute atomic E-state index is 0.689. The largest absolute Gasteiger partial charge is 0.363 e. The van der Waals surface area contributed by atoms with Crippen LogP contribution in [0.25, 0.3) is 0 Å². The maximum absolute atomic E-state index is 4.68. The lowest BCUT2D eigenvalue weighted by Gasteiger charge is -2.32. The van der Waals surface area contributed by atoms with Crippen LogP contribution in [0.4, 0.5) is 5.82 Å². The van der Waals surface area contributed by atoms with Crippen LogP contribution in [0.1, 0.15) is 31.4 Å². The summed E-state index contributed by atoms with van der Waals surface area (Å²) in [7, 11) is 5.91. The average molecular weight is 345 g/mol. The highest BCUT2D eigenvalue weighted by atomic mass is 15.3. The van der Waals surface area contributed by atoms with Gasteiger partial charge in [-0.15, -0.1) is 0 Å². The molecule has 2 fully saturated rings. The second kappa shape index (κ2) is 8.52. The normalized spacial score (nSPS) is 22.3. The molecule has 2 aliphatic heterocycles. The van der Waals surface area contributed by atoms with Crippen LogP contribution in [-0.4, -0.2) is 74.1 Å². The van der Waals surface area contributed by atoms with Gasteiger partial charge in [-0.3, -0.25) is 9.89 Å². The molecule has 2 saturated heterocycles. The maximum atomic E-state index is 4.68. The van der Waals surface area contributed by atoms with Gasteiger partial charge in [0.25, 0.3) is 0 Å². The molecule has 0 saturated carbocycles. The molecule has 0 radical (unpaired) electrons. The molecule has 3 heterocycles. The first-order valence-corrected chi connectivity index (χ1v) is 9.50. The lowest BCUT2D eigenvalue weighted by atomic mass is 10.1. The fraction of sp³-hybridized carbons (Fsp3) is 0.684. The summed E-state index contributed by atoms with van der Waals surface area (Å²) in [5.74, 6) is 1.98. The van der Waals surface area contributed by atoms with E-state index in [1.165, 1.54) is 38.8 Å². The van der Waals surface area contributed by atoms with E-state index in [0.717, 1.165) is 30.6 Å². The predicted octanol–water partition coefficient (Wildman–Crippen LogP) is 1.78. The molecule has 0 bridgehead atoms. The summed E-state index contributed by atoms with van der Waals surface area (Å²) in [5, 5.41) is 3.49. The molecule has 1 unspecified atom stereocenters.